The third-order valence-corrected chi connectivity index (χ3v) is 11.5. The molecule has 0 spiro atoms. The van der Waals surface area contributed by atoms with E-state index in [-0.39, 0.29) is 29.6 Å². The van der Waals surface area contributed by atoms with E-state index in [2.05, 4.69) is 55.1 Å². The van der Waals surface area contributed by atoms with E-state index in [4.69, 9.17) is 18.9 Å². The molecule has 0 fully saturated rings. The summed E-state index contributed by atoms with van der Waals surface area (Å²) in [5, 5.41) is 9.01. The van der Waals surface area contributed by atoms with Crippen molar-refractivity contribution in [2.45, 2.75) is 104 Å². The lowest BCUT2D eigenvalue weighted by Gasteiger charge is -2.34. The fourth-order valence-corrected chi connectivity index (χ4v) is 8.40. The Morgan fingerprint density at radius 2 is 1.64 bits per heavy atom. The molecule has 0 aliphatic carbocycles. The second kappa shape index (κ2) is 18.8. The molecule has 0 bridgehead atoms. The van der Waals surface area contributed by atoms with Crippen molar-refractivity contribution < 1.29 is 41.3 Å². The van der Waals surface area contributed by atoms with E-state index in [0.29, 0.717) is 46.6 Å². The SMILES string of the molecule is COc1ccc(CN(c2ncns2)S(=O)(=O)c2cc(Br)c(NC[C@H](CC(C)(C)CCNC(=O)OC(C)(C)C)[C@@H](C)NC(=O)OC(C)(C)C)cc2F)c(OC)c1. The van der Waals surface area contributed by atoms with Crippen LogP contribution >= 0.6 is 27.5 Å². The Bertz CT molecular complexity index is 1870. The van der Waals surface area contributed by atoms with E-state index in [1.807, 2.05) is 6.92 Å². The molecule has 3 aromatic rings. The fourth-order valence-electron chi connectivity index (χ4n) is 5.56. The van der Waals surface area contributed by atoms with Crippen LogP contribution in [0, 0.1) is 17.2 Å². The first-order chi connectivity index (χ1) is 25.4. The van der Waals surface area contributed by atoms with Gasteiger partial charge in [-0.1, -0.05) is 13.8 Å². The Kier molecular flexibility index (Phi) is 15.6. The summed E-state index contributed by atoms with van der Waals surface area (Å²) in [6.45, 7) is 17.1. The van der Waals surface area contributed by atoms with Crippen molar-refractivity contribution in [1.29, 1.82) is 0 Å². The lowest BCUT2D eigenvalue weighted by atomic mass is 9.77. The molecule has 306 valence electrons. The van der Waals surface area contributed by atoms with Crippen LogP contribution in [0.2, 0.25) is 0 Å². The zero-order chi connectivity index (χ0) is 41.4. The van der Waals surface area contributed by atoms with E-state index in [9.17, 15) is 18.0 Å². The normalized spacial score (nSPS) is 13.3. The van der Waals surface area contributed by atoms with Gasteiger partial charge in [0, 0.05) is 46.8 Å². The summed E-state index contributed by atoms with van der Waals surface area (Å²) in [5.41, 5.74) is -0.871. The Labute approximate surface area is 336 Å². The number of carbonyl (C=O) groups excluding carboxylic acids is 2. The highest BCUT2D eigenvalue weighted by atomic mass is 79.9. The van der Waals surface area contributed by atoms with Crippen LogP contribution < -0.4 is 29.7 Å². The van der Waals surface area contributed by atoms with Crippen molar-refractivity contribution in [3.05, 3.63) is 52.5 Å². The summed E-state index contributed by atoms with van der Waals surface area (Å²) in [4.78, 5) is 28.6. The molecule has 1 aromatic heterocycles. The molecule has 2 aromatic carbocycles. The van der Waals surface area contributed by atoms with Gasteiger partial charge in [0.1, 0.15) is 39.7 Å². The first kappa shape index (κ1) is 45.5. The molecule has 0 saturated carbocycles. The van der Waals surface area contributed by atoms with Crippen molar-refractivity contribution in [3.8, 4) is 11.5 Å². The highest BCUT2D eigenvalue weighted by molar-refractivity contribution is 9.10. The maximum atomic E-state index is 16.0. The van der Waals surface area contributed by atoms with E-state index in [0.717, 1.165) is 21.9 Å². The number of aromatic nitrogens is 2. The number of amides is 2. The van der Waals surface area contributed by atoms with Crippen molar-refractivity contribution >= 4 is 60.5 Å². The highest BCUT2D eigenvalue weighted by Gasteiger charge is 2.33. The lowest BCUT2D eigenvalue weighted by molar-refractivity contribution is 0.0472. The number of alkyl carbamates (subject to hydrolysis) is 2. The lowest BCUT2D eigenvalue weighted by Crippen LogP contribution is -2.44. The number of benzene rings is 2. The number of sulfonamides is 1. The number of hydrogen-bond acceptors (Lipinski definition) is 12. The van der Waals surface area contributed by atoms with Gasteiger partial charge in [0.05, 0.1) is 26.5 Å². The monoisotopic (exact) mass is 872 g/mol. The average molecular weight is 874 g/mol. The molecule has 2 atom stereocenters. The number of nitrogens with one attached hydrogen (secondary N) is 3. The Morgan fingerprint density at radius 3 is 2.22 bits per heavy atom. The van der Waals surface area contributed by atoms with Gasteiger partial charge < -0.3 is 34.9 Å². The summed E-state index contributed by atoms with van der Waals surface area (Å²) < 4.78 is 71.3. The number of anilines is 2. The largest absolute Gasteiger partial charge is 0.497 e. The number of methoxy groups -OCH3 is 2. The molecular formula is C37H54BrFN6O8S2. The van der Waals surface area contributed by atoms with Crippen molar-refractivity contribution in [2.24, 2.45) is 11.3 Å². The molecule has 18 heteroatoms. The third-order valence-electron chi connectivity index (χ3n) is 8.25. The minimum Gasteiger partial charge on any atom is -0.497 e. The van der Waals surface area contributed by atoms with Crippen molar-refractivity contribution in [3.63, 3.8) is 0 Å². The molecule has 0 unspecified atom stereocenters. The van der Waals surface area contributed by atoms with E-state index in [1.54, 1.807) is 59.7 Å². The van der Waals surface area contributed by atoms with Crippen LogP contribution in [0.15, 0.2) is 46.0 Å². The molecule has 0 saturated heterocycles. The molecule has 3 N–H and O–H groups in total. The first-order valence-corrected chi connectivity index (χ1v) is 20.6. The zero-order valence-corrected chi connectivity index (χ0v) is 36.6. The first-order valence-electron chi connectivity index (χ1n) is 17.6. The molecule has 55 heavy (non-hydrogen) atoms. The third kappa shape index (κ3) is 14.0. The number of carbonyl (C=O) groups is 2. The number of nitrogens with zero attached hydrogens (tertiary/aromatic N) is 3. The average Bonchev–Trinajstić information content (AvgIpc) is 3.59. The molecule has 14 nitrogen and oxygen atoms in total. The van der Waals surface area contributed by atoms with Crippen LogP contribution in [0.3, 0.4) is 0 Å². The Hall–Kier alpha value is -3.90. The number of rotatable bonds is 17. The summed E-state index contributed by atoms with van der Waals surface area (Å²) in [7, 11) is -1.58. The molecule has 3 rings (SSSR count). The van der Waals surface area contributed by atoms with Crippen LogP contribution in [-0.4, -0.2) is 74.5 Å². The van der Waals surface area contributed by atoms with Gasteiger partial charge in [-0.3, -0.25) is 0 Å². The van der Waals surface area contributed by atoms with E-state index in [1.165, 1.54) is 26.6 Å². The van der Waals surface area contributed by atoms with Gasteiger partial charge in [0.15, 0.2) is 0 Å². The number of hydrogen-bond donors (Lipinski definition) is 3. The zero-order valence-electron chi connectivity index (χ0n) is 33.3. The van der Waals surface area contributed by atoms with Crippen LogP contribution in [0.25, 0.3) is 0 Å². The topological polar surface area (TPSA) is 170 Å². The minimum atomic E-state index is -4.53. The smallest absolute Gasteiger partial charge is 0.407 e. The number of halogens is 2. The van der Waals surface area contributed by atoms with Gasteiger partial charge in [-0.25, -0.2) is 31.7 Å². The molecular weight excluding hydrogens is 819 g/mol. The van der Waals surface area contributed by atoms with Crippen LogP contribution in [-0.2, 0) is 26.0 Å². The van der Waals surface area contributed by atoms with Crippen LogP contribution in [0.5, 0.6) is 11.5 Å². The molecule has 0 aliphatic rings. The summed E-state index contributed by atoms with van der Waals surface area (Å²) >= 11 is 4.30. The van der Waals surface area contributed by atoms with Gasteiger partial charge in [-0.05, 0) is 113 Å². The highest BCUT2D eigenvalue weighted by Crippen LogP contribution is 2.36. The van der Waals surface area contributed by atoms with Gasteiger partial charge in [-0.15, -0.1) is 0 Å². The van der Waals surface area contributed by atoms with Gasteiger partial charge in [0.2, 0.25) is 5.13 Å². The van der Waals surface area contributed by atoms with Crippen molar-refractivity contribution in [1.82, 2.24) is 20.0 Å². The van der Waals surface area contributed by atoms with Gasteiger partial charge in [-0.2, -0.15) is 4.37 Å². The maximum absolute atomic E-state index is 16.0. The summed E-state index contributed by atoms with van der Waals surface area (Å²) in [6, 6.07) is 6.86. The molecule has 1 heterocycles. The second-order valence-corrected chi connectivity index (χ2v) is 19.2. The van der Waals surface area contributed by atoms with Crippen LogP contribution in [0.1, 0.15) is 80.7 Å². The summed E-state index contributed by atoms with van der Waals surface area (Å²) in [6.07, 6.45) is 1.31. The second-order valence-electron chi connectivity index (χ2n) is 15.8. The van der Waals surface area contributed by atoms with E-state index >= 15 is 4.39 Å². The minimum absolute atomic E-state index is 0.0359. The predicted octanol–water partition coefficient (Wildman–Crippen LogP) is 8.12. The maximum Gasteiger partial charge on any atom is 0.407 e. The Balaban J connectivity index is 1.88. The Morgan fingerprint density at radius 1 is 0.982 bits per heavy atom. The molecule has 2 amide bonds. The quantitative estimate of drug-likeness (QED) is 0.120. The standard InChI is InChI=1S/C37H54BrFN6O8S2/c1-23(44-34(47)53-36(5,6)7)25(19-37(8,9)14-15-40-33(46)52-35(2,3)4)20-41-29-18-28(39)31(17-27(29)38)55(48,49)45(32-42-22-43-54-32)21-24-12-13-26(50-10)16-30(24)51-11/h12-13,16-18,22-23,25,41H,14-15,19-21H2,1-11H3,(H,40,46)(H,44,47)/t23-,25+/m1/s1. The fraction of sp³-hybridized carbons (Fsp3) is 0.568. The predicted molar refractivity (Wildman–Crippen MR) is 215 cm³/mol. The van der Waals surface area contributed by atoms with Crippen LogP contribution in [0.4, 0.5) is 24.8 Å². The summed E-state index contributed by atoms with van der Waals surface area (Å²) in [5.74, 6) is -0.334. The van der Waals surface area contributed by atoms with Gasteiger partial charge in [0.25, 0.3) is 10.0 Å². The molecule has 0 aliphatic heterocycles. The molecule has 0 radical (unpaired) electrons. The van der Waals surface area contributed by atoms with E-state index < -0.39 is 50.2 Å². The van der Waals surface area contributed by atoms with Gasteiger partial charge >= 0.3 is 12.2 Å². The number of ether oxygens (including phenoxy) is 4. The van der Waals surface area contributed by atoms with Crippen molar-refractivity contribution in [2.75, 3.05) is 36.9 Å².